The molecule has 1 aliphatic rings. The van der Waals surface area contributed by atoms with Crippen molar-refractivity contribution in [3.8, 4) is 5.69 Å². The number of nitrogens with one attached hydrogen (secondary N) is 1. The first-order chi connectivity index (χ1) is 16.6. The minimum Gasteiger partial charge on any atom is -0.378 e. The molecule has 5 rings (SSSR count). The highest BCUT2D eigenvalue weighted by molar-refractivity contribution is 8.00. The summed E-state index contributed by atoms with van der Waals surface area (Å²) in [7, 11) is 0. The lowest BCUT2D eigenvalue weighted by Gasteiger charge is -2.28. The van der Waals surface area contributed by atoms with Crippen LogP contribution in [-0.2, 0) is 9.53 Å². The van der Waals surface area contributed by atoms with Crippen LogP contribution in [0, 0.1) is 6.92 Å². The number of carbonyl (C=O) groups is 1. The van der Waals surface area contributed by atoms with E-state index in [1.807, 2.05) is 49.4 Å². The quantitative estimate of drug-likeness (QED) is 0.422. The third kappa shape index (κ3) is 4.49. The van der Waals surface area contributed by atoms with E-state index in [0.717, 1.165) is 46.9 Å². The molecule has 0 radical (unpaired) electrons. The molecule has 0 spiro atoms. The van der Waals surface area contributed by atoms with Crippen LogP contribution in [-0.4, -0.2) is 57.2 Å². The Hall–Kier alpha value is -3.43. The van der Waals surface area contributed by atoms with Gasteiger partial charge in [-0.3, -0.25) is 14.3 Å². The number of morpholine rings is 1. The topological polar surface area (TPSA) is 85.2 Å². The average Bonchev–Trinajstić information content (AvgIpc) is 3.28. The molecule has 3 heterocycles. The molecule has 9 heteroatoms. The number of benzene rings is 2. The molecule has 1 N–H and O–H groups in total. The van der Waals surface area contributed by atoms with Gasteiger partial charge in [-0.25, -0.2) is 0 Å². The fourth-order valence-electron chi connectivity index (χ4n) is 3.99. The van der Waals surface area contributed by atoms with Crippen LogP contribution >= 0.6 is 11.8 Å². The Morgan fingerprint density at radius 2 is 1.88 bits per heavy atom. The number of hydrogen-bond acceptors (Lipinski definition) is 7. The molecule has 1 atom stereocenters. The summed E-state index contributed by atoms with van der Waals surface area (Å²) in [5, 5.41) is 13.3. The first kappa shape index (κ1) is 22.4. The molecule has 1 saturated heterocycles. The van der Waals surface area contributed by atoms with Crippen LogP contribution in [0.1, 0.15) is 12.5 Å². The number of thioether (sulfide) groups is 1. The highest BCUT2D eigenvalue weighted by atomic mass is 32.2. The second-order valence-electron chi connectivity index (χ2n) is 8.13. The number of amides is 1. The van der Waals surface area contributed by atoms with Crippen LogP contribution < -0.4 is 10.2 Å². The van der Waals surface area contributed by atoms with Gasteiger partial charge in [0, 0.05) is 24.7 Å². The average molecular weight is 475 g/mol. The number of aryl methyl sites for hydroxylation is 1. The van der Waals surface area contributed by atoms with Crippen molar-refractivity contribution in [2.45, 2.75) is 24.3 Å². The number of carbonyl (C=O) groups excluding carboxylic acids is 1. The van der Waals surface area contributed by atoms with Crippen LogP contribution in [0.2, 0.25) is 0 Å². The number of para-hydroxylation sites is 1. The molecule has 2 aromatic carbocycles. The zero-order valence-corrected chi connectivity index (χ0v) is 20.0. The highest BCUT2D eigenvalue weighted by Gasteiger charge is 2.25. The van der Waals surface area contributed by atoms with Crippen molar-refractivity contribution in [3.05, 3.63) is 66.4 Å². The second-order valence-corrected chi connectivity index (χ2v) is 9.44. The minimum absolute atomic E-state index is 0.103. The van der Waals surface area contributed by atoms with E-state index in [9.17, 15) is 4.79 Å². The second kappa shape index (κ2) is 9.82. The molecule has 1 amide bonds. The molecular formula is C25H26N6O2S. The number of rotatable bonds is 6. The van der Waals surface area contributed by atoms with Gasteiger partial charge in [-0.05, 0) is 49.7 Å². The molecule has 0 aliphatic carbocycles. The lowest BCUT2D eigenvalue weighted by atomic mass is 10.2. The van der Waals surface area contributed by atoms with E-state index in [0.29, 0.717) is 18.4 Å². The fourth-order valence-corrected chi connectivity index (χ4v) is 4.85. The summed E-state index contributed by atoms with van der Waals surface area (Å²) >= 11 is 1.40. The SMILES string of the molecule is Cc1ccccc1-n1c(SC(C)C(=O)Nc2cccc3ncccc23)nnc1N1CCOCC1. The third-order valence-electron chi connectivity index (χ3n) is 5.82. The fraction of sp³-hybridized carbons (Fsp3) is 0.280. The smallest absolute Gasteiger partial charge is 0.237 e. The maximum absolute atomic E-state index is 13.1. The Labute approximate surface area is 202 Å². The van der Waals surface area contributed by atoms with Crippen molar-refractivity contribution in [3.63, 3.8) is 0 Å². The van der Waals surface area contributed by atoms with E-state index < -0.39 is 5.25 Å². The molecule has 174 valence electrons. The number of ether oxygens (including phenoxy) is 1. The summed E-state index contributed by atoms with van der Waals surface area (Å²) in [6, 6.07) is 17.7. The lowest BCUT2D eigenvalue weighted by molar-refractivity contribution is -0.115. The Kier molecular flexibility index (Phi) is 6.46. The predicted octanol–water partition coefficient (Wildman–Crippen LogP) is 4.08. The van der Waals surface area contributed by atoms with Crippen molar-refractivity contribution in [2.24, 2.45) is 0 Å². The summed E-state index contributed by atoms with van der Waals surface area (Å²) in [6.45, 7) is 6.76. The van der Waals surface area contributed by atoms with Crippen molar-refractivity contribution in [2.75, 3.05) is 36.5 Å². The first-order valence-electron chi connectivity index (χ1n) is 11.3. The first-order valence-corrected chi connectivity index (χ1v) is 12.1. The van der Waals surface area contributed by atoms with Crippen LogP contribution in [0.15, 0.2) is 66.0 Å². The summed E-state index contributed by atoms with van der Waals surface area (Å²) in [4.78, 5) is 19.7. The zero-order chi connectivity index (χ0) is 23.5. The minimum atomic E-state index is -0.392. The van der Waals surface area contributed by atoms with Crippen molar-refractivity contribution >= 4 is 40.2 Å². The molecule has 1 aliphatic heterocycles. The van der Waals surface area contributed by atoms with Crippen LogP contribution in [0.4, 0.5) is 11.6 Å². The van der Waals surface area contributed by atoms with E-state index in [4.69, 9.17) is 4.74 Å². The van der Waals surface area contributed by atoms with Gasteiger partial charge < -0.3 is 15.0 Å². The molecule has 0 saturated carbocycles. The van der Waals surface area contributed by atoms with Gasteiger partial charge in [0.25, 0.3) is 0 Å². The van der Waals surface area contributed by atoms with E-state index in [1.165, 1.54) is 11.8 Å². The van der Waals surface area contributed by atoms with Gasteiger partial charge in [-0.1, -0.05) is 36.0 Å². The van der Waals surface area contributed by atoms with Crippen molar-refractivity contribution in [1.29, 1.82) is 0 Å². The van der Waals surface area contributed by atoms with Gasteiger partial charge >= 0.3 is 0 Å². The van der Waals surface area contributed by atoms with E-state index in [2.05, 4.69) is 49.0 Å². The van der Waals surface area contributed by atoms with Crippen molar-refractivity contribution in [1.82, 2.24) is 19.7 Å². The summed E-state index contributed by atoms with van der Waals surface area (Å²) in [6.07, 6.45) is 1.75. The molecule has 2 aromatic heterocycles. The monoisotopic (exact) mass is 474 g/mol. The zero-order valence-electron chi connectivity index (χ0n) is 19.1. The summed E-state index contributed by atoms with van der Waals surface area (Å²) < 4.78 is 7.57. The highest BCUT2D eigenvalue weighted by Crippen LogP contribution is 2.32. The Bertz CT molecular complexity index is 1310. The number of nitrogens with zero attached hydrogens (tertiary/aromatic N) is 5. The molecule has 8 nitrogen and oxygen atoms in total. The van der Waals surface area contributed by atoms with Crippen LogP contribution in [0.3, 0.4) is 0 Å². The van der Waals surface area contributed by atoms with Gasteiger partial charge in [-0.2, -0.15) is 0 Å². The van der Waals surface area contributed by atoms with Gasteiger partial charge in [0.15, 0.2) is 5.16 Å². The normalized spacial score (nSPS) is 14.8. The Morgan fingerprint density at radius 3 is 2.71 bits per heavy atom. The standard InChI is InChI=1S/C25H26N6O2S/c1-17-7-3-4-11-22(17)31-24(30-13-15-33-16-14-30)28-29-25(31)34-18(2)23(32)27-21-10-5-9-20-19(21)8-6-12-26-20/h3-12,18H,13-16H2,1-2H3,(H,27,32). The van der Waals surface area contributed by atoms with E-state index in [1.54, 1.807) is 6.20 Å². The Morgan fingerprint density at radius 1 is 1.06 bits per heavy atom. The maximum atomic E-state index is 13.1. The van der Waals surface area contributed by atoms with E-state index in [-0.39, 0.29) is 5.91 Å². The molecular weight excluding hydrogens is 448 g/mol. The van der Waals surface area contributed by atoms with Gasteiger partial charge in [0.05, 0.1) is 35.4 Å². The van der Waals surface area contributed by atoms with Gasteiger partial charge in [0.1, 0.15) is 0 Å². The van der Waals surface area contributed by atoms with E-state index >= 15 is 0 Å². The molecule has 1 unspecified atom stereocenters. The lowest BCUT2D eigenvalue weighted by Crippen LogP contribution is -2.38. The number of fused-ring (bicyclic) bond motifs is 1. The van der Waals surface area contributed by atoms with Crippen LogP contribution in [0.25, 0.3) is 16.6 Å². The number of aromatic nitrogens is 4. The van der Waals surface area contributed by atoms with Crippen LogP contribution in [0.5, 0.6) is 0 Å². The Balaban J connectivity index is 1.42. The number of hydrogen-bond donors (Lipinski definition) is 1. The largest absolute Gasteiger partial charge is 0.378 e. The molecule has 1 fully saturated rings. The predicted molar refractivity (Wildman–Crippen MR) is 135 cm³/mol. The summed E-state index contributed by atoms with van der Waals surface area (Å²) in [5.74, 6) is 0.668. The third-order valence-corrected chi connectivity index (χ3v) is 6.86. The van der Waals surface area contributed by atoms with Gasteiger partial charge in [0.2, 0.25) is 11.9 Å². The number of anilines is 2. The van der Waals surface area contributed by atoms with Crippen molar-refractivity contribution < 1.29 is 9.53 Å². The van der Waals surface area contributed by atoms with Gasteiger partial charge in [-0.15, -0.1) is 10.2 Å². The maximum Gasteiger partial charge on any atom is 0.237 e. The molecule has 0 bridgehead atoms. The summed E-state index contributed by atoms with van der Waals surface area (Å²) in [5.41, 5.74) is 3.70. The molecule has 34 heavy (non-hydrogen) atoms. The molecule has 4 aromatic rings. The number of pyridine rings is 1.